The maximum Gasteiger partial charge on any atom is 0.183 e. The summed E-state index contributed by atoms with van der Waals surface area (Å²) in [4.78, 5) is 0. The van der Waals surface area contributed by atoms with Gasteiger partial charge in [-0.05, 0) is 18.1 Å². The molecule has 0 bridgehead atoms. The SMILES string of the molecule is Cc1ccc(/C=C/c2ccc(C3OCC(C)(C)CO3)cc2)cc1. The van der Waals surface area contributed by atoms with Crippen LogP contribution >= 0.6 is 0 Å². The van der Waals surface area contributed by atoms with E-state index in [1.54, 1.807) is 0 Å². The van der Waals surface area contributed by atoms with Gasteiger partial charge in [0, 0.05) is 11.0 Å². The van der Waals surface area contributed by atoms with Crippen molar-refractivity contribution in [2.75, 3.05) is 13.2 Å². The first-order valence-electron chi connectivity index (χ1n) is 8.10. The molecular formula is C21H24O2. The number of rotatable bonds is 3. The van der Waals surface area contributed by atoms with Crippen LogP contribution < -0.4 is 0 Å². The van der Waals surface area contributed by atoms with E-state index >= 15 is 0 Å². The number of hydrogen-bond acceptors (Lipinski definition) is 2. The van der Waals surface area contributed by atoms with E-state index in [2.05, 4.69) is 81.5 Å². The van der Waals surface area contributed by atoms with Gasteiger partial charge in [-0.25, -0.2) is 0 Å². The fourth-order valence-corrected chi connectivity index (χ4v) is 2.52. The van der Waals surface area contributed by atoms with Crippen molar-refractivity contribution in [1.82, 2.24) is 0 Å². The molecule has 2 aromatic carbocycles. The predicted molar refractivity (Wildman–Crippen MR) is 95.0 cm³/mol. The number of aryl methyl sites for hydroxylation is 1. The molecule has 1 heterocycles. The molecule has 1 saturated heterocycles. The Hall–Kier alpha value is -1.90. The highest BCUT2D eigenvalue weighted by atomic mass is 16.7. The van der Waals surface area contributed by atoms with Crippen LogP contribution in [0.15, 0.2) is 48.5 Å². The molecule has 0 radical (unpaired) electrons. The van der Waals surface area contributed by atoms with Crippen molar-refractivity contribution in [2.45, 2.75) is 27.1 Å². The Labute approximate surface area is 138 Å². The standard InChI is InChI=1S/C21H24O2/c1-16-4-6-17(7-5-16)8-9-18-10-12-19(13-11-18)20-22-14-21(2,3)15-23-20/h4-13,20H,14-15H2,1-3H3/b9-8+. The number of ether oxygens (including phenoxy) is 2. The summed E-state index contributed by atoms with van der Waals surface area (Å²) in [6.07, 6.45) is 4.02. The van der Waals surface area contributed by atoms with Crippen LogP contribution in [0, 0.1) is 12.3 Å². The summed E-state index contributed by atoms with van der Waals surface area (Å²) in [6.45, 7) is 7.87. The smallest absolute Gasteiger partial charge is 0.183 e. The topological polar surface area (TPSA) is 18.5 Å². The van der Waals surface area contributed by atoms with Crippen molar-refractivity contribution < 1.29 is 9.47 Å². The third-order valence-electron chi connectivity index (χ3n) is 4.01. The summed E-state index contributed by atoms with van der Waals surface area (Å²) >= 11 is 0. The molecule has 2 aromatic rings. The van der Waals surface area contributed by atoms with Crippen molar-refractivity contribution in [3.05, 3.63) is 70.8 Å². The molecule has 0 amide bonds. The molecular weight excluding hydrogens is 284 g/mol. The Morgan fingerprint density at radius 3 is 1.83 bits per heavy atom. The monoisotopic (exact) mass is 308 g/mol. The molecule has 1 aliphatic rings. The van der Waals surface area contributed by atoms with Crippen LogP contribution in [0.4, 0.5) is 0 Å². The third kappa shape index (κ3) is 4.31. The van der Waals surface area contributed by atoms with Crippen molar-refractivity contribution in [3.8, 4) is 0 Å². The Morgan fingerprint density at radius 1 is 0.826 bits per heavy atom. The van der Waals surface area contributed by atoms with Gasteiger partial charge in [0.1, 0.15) is 0 Å². The molecule has 1 fully saturated rings. The Kier molecular flexibility index (Phi) is 4.65. The van der Waals surface area contributed by atoms with Gasteiger partial charge in [-0.2, -0.15) is 0 Å². The lowest BCUT2D eigenvalue weighted by molar-refractivity contribution is -0.226. The molecule has 0 spiro atoms. The van der Waals surface area contributed by atoms with Crippen molar-refractivity contribution in [2.24, 2.45) is 5.41 Å². The lowest BCUT2D eigenvalue weighted by Gasteiger charge is -2.34. The minimum atomic E-state index is -0.238. The zero-order valence-electron chi connectivity index (χ0n) is 14.1. The molecule has 120 valence electrons. The van der Waals surface area contributed by atoms with Gasteiger partial charge in [-0.1, -0.05) is 80.1 Å². The van der Waals surface area contributed by atoms with Crippen LogP contribution in [0.2, 0.25) is 0 Å². The molecule has 2 heteroatoms. The molecule has 0 atom stereocenters. The zero-order valence-corrected chi connectivity index (χ0v) is 14.1. The van der Waals surface area contributed by atoms with E-state index in [0.29, 0.717) is 0 Å². The summed E-state index contributed by atoms with van der Waals surface area (Å²) in [6, 6.07) is 16.9. The van der Waals surface area contributed by atoms with Crippen LogP contribution in [0.25, 0.3) is 12.2 Å². The second-order valence-corrected chi connectivity index (χ2v) is 7.03. The molecule has 3 rings (SSSR count). The fourth-order valence-electron chi connectivity index (χ4n) is 2.52. The van der Waals surface area contributed by atoms with E-state index in [0.717, 1.165) is 18.8 Å². The average Bonchev–Trinajstić information content (AvgIpc) is 2.55. The van der Waals surface area contributed by atoms with Crippen LogP contribution in [-0.4, -0.2) is 13.2 Å². The number of hydrogen-bond donors (Lipinski definition) is 0. The molecule has 0 unspecified atom stereocenters. The van der Waals surface area contributed by atoms with E-state index in [1.807, 2.05) is 0 Å². The molecule has 1 aliphatic heterocycles. The van der Waals surface area contributed by atoms with E-state index < -0.39 is 0 Å². The van der Waals surface area contributed by atoms with Gasteiger partial charge in [0.05, 0.1) is 13.2 Å². The van der Waals surface area contributed by atoms with Crippen molar-refractivity contribution >= 4 is 12.2 Å². The first-order chi connectivity index (χ1) is 11.0. The Bertz CT molecular complexity index is 656. The van der Waals surface area contributed by atoms with Crippen LogP contribution in [0.5, 0.6) is 0 Å². The molecule has 0 aliphatic carbocycles. The Morgan fingerprint density at radius 2 is 1.30 bits per heavy atom. The normalized spacial score (nSPS) is 18.4. The average molecular weight is 308 g/mol. The first kappa shape index (κ1) is 16.0. The lowest BCUT2D eigenvalue weighted by Crippen LogP contribution is -2.33. The van der Waals surface area contributed by atoms with Gasteiger partial charge in [0.25, 0.3) is 0 Å². The van der Waals surface area contributed by atoms with Crippen LogP contribution in [0.1, 0.15) is 42.4 Å². The van der Waals surface area contributed by atoms with Crippen molar-refractivity contribution in [1.29, 1.82) is 0 Å². The third-order valence-corrected chi connectivity index (χ3v) is 4.01. The molecule has 2 nitrogen and oxygen atoms in total. The summed E-state index contributed by atoms with van der Waals surface area (Å²) in [7, 11) is 0. The maximum atomic E-state index is 5.82. The second-order valence-electron chi connectivity index (χ2n) is 7.03. The predicted octanol–water partition coefficient (Wildman–Crippen LogP) is 5.24. The van der Waals surface area contributed by atoms with Gasteiger partial charge in [-0.3, -0.25) is 0 Å². The first-order valence-corrected chi connectivity index (χ1v) is 8.10. The maximum absolute atomic E-state index is 5.82. The highest BCUT2D eigenvalue weighted by molar-refractivity contribution is 5.69. The largest absolute Gasteiger partial charge is 0.348 e. The van der Waals surface area contributed by atoms with E-state index in [1.165, 1.54) is 16.7 Å². The molecule has 0 N–H and O–H groups in total. The second kappa shape index (κ2) is 6.69. The van der Waals surface area contributed by atoms with Crippen LogP contribution in [-0.2, 0) is 9.47 Å². The van der Waals surface area contributed by atoms with Crippen LogP contribution in [0.3, 0.4) is 0 Å². The molecule has 0 saturated carbocycles. The van der Waals surface area contributed by atoms with Gasteiger partial charge < -0.3 is 9.47 Å². The molecule has 0 aromatic heterocycles. The van der Waals surface area contributed by atoms with Crippen molar-refractivity contribution in [3.63, 3.8) is 0 Å². The van der Waals surface area contributed by atoms with E-state index in [9.17, 15) is 0 Å². The minimum Gasteiger partial charge on any atom is -0.348 e. The van der Waals surface area contributed by atoms with Gasteiger partial charge in [0.15, 0.2) is 6.29 Å². The fraction of sp³-hybridized carbons (Fsp3) is 0.333. The van der Waals surface area contributed by atoms with E-state index in [4.69, 9.17) is 9.47 Å². The summed E-state index contributed by atoms with van der Waals surface area (Å²) in [5.41, 5.74) is 4.84. The summed E-state index contributed by atoms with van der Waals surface area (Å²) in [5.74, 6) is 0. The van der Waals surface area contributed by atoms with E-state index in [-0.39, 0.29) is 11.7 Å². The zero-order chi connectivity index (χ0) is 16.3. The lowest BCUT2D eigenvalue weighted by atomic mass is 9.95. The van der Waals surface area contributed by atoms with Gasteiger partial charge in [0.2, 0.25) is 0 Å². The summed E-state index contributed by atoms with van der Waals surface area (Å²) in [5, 5.41) is 0. The quantitative estimate of drug-likeness (QED) is 0.722. The number of benzene rings is 2. The summed E-state index contributed by atoms with van der Waals surface area (Å²) < 4.78 is 11.6. The minimum absolute atomic E-state index is 0.104. The highest BCUT2D eigenvalue weighted by Crippen LogP contribution is 2.31. The Balaban J connectivity index is 1.64. The van der Waals surface area contributed by atoms with Gasteiger partial charge >= 0.3 is 0 Å². The van der Waals surface area contributed by atoms with Gasteiger partial charge in [-0.15, -0.1) is 0 Å². The molecule has 23 heavy (non-hydrogen) atoms. The highest BCUT2D eigenvalue weighted by Gasteiger charge is 2.28.